The van der Waals surface area contributed by atoms with Crippen LogP contribution in [0.3, 0.4) is 0 Å². The summed E-state index contributed by atoms with van der Waals surface area (Å²) in [5.74, 6) is 0.419. The van der Waals surface area contributed by atoms with Gasteiger partial charge in [-0.3, -0.25) is 9.59 Å². The van der Waals surface area contributed by atoms with Crippen LogP contribution in [0.4, 0.5) is 5.69 Å². The molecule has 0 fully saturated rings. The Morgan fingerprint density at radius 2 is 1.69 bits per heavy atom. The van der Waals surface area contributed by atoms with Gasteiger partial charge in [0.25, 0.3) is 5.56 Å². The first-order valence-corrected chi connectivity index (χ1v) is 11.6. The van der Waals surface area contributed by atoms with E-state index in [2.05, 4.69) is 10.4 Å². The maximum Gasteiger partial charge on any atom is 0.267 e. The maximum absolute atomic E-state index is 13.0. The number of nitrogens with one attached hydrogen (secondary N) is 1. The fraction of sp³-hybridized carbons (Fsp3) is 0.261. The second kappa shape index (κ2) is 9.78. The van der Waals surface area contributed by atoms with Gasteiger partial charge < -0.3 is 10.1 Å². The normalized spacial score (nSPS) is 11.4. The Labute approximate surface area is 186 Å². The SMILES string of the molecule is CCOc1ccc(NC(=O)Cn2nc(S(=O)(=O)c3ccc(C(C)C)cc3)ccc2=O)cc1. The number of carbonyl (C=O) groups is 1. The lowest BCUT2D eigenvalue weighted by Crippen LogP contribution is -2.30. The van der Waals surface area contributed by atoms with E-state index in [1.807, 2.05) is 20.8 Å². The molecule has 1 heterocycles. The van der Waals surface area contributed by atoms with Gasteiger partial charge in [0.2, 0.25) is 15.7 Å². The van der Waals surface area contributed by atoms with Gasteiger partial charge in [0.15, 0.2) is 5.03 Å². The molecular weight excluding hydrogens is 430 g/mol. The first-order chi connectivity index (χ1) is 15.2. The molecule has 0 unspecified atom stereocenters. The van der Waals surface area contributed by atoms with E-state index in [0.29, 0.717) is 18.0 Å². The molecule has 0 radical (unpaired) electrons. The van der Waals surface area contributed by atoms with E-state index in [1.54, 1.807) is 36.4 Å². The average Bonchev–Trinajstić information content (AvgIpc) is 2.76. The summed E-state index contributed by atoms with van der Waals surface area (Å²) in [6.07, 6.45) is 0. The number of sulfone groups is 1. The van der Waals surface area contributed by atoms with Crippen molar-refractivity contribution in [1.29, 1.82) is 0 Å². The topological polar surface area (TPSA) is 107 Å². The van der Waals surface area contributed by atoms with Crippen molar-refractivity contribution in [3.8, 4) is 5.75 Å². The van der Waals surface area contributed by atoms with E-state index in [1.165, 1.54) is 12.1 Å². The molecule has 3 rings (SSSR count). The number of rotatable bonds is 8. The first kappa shape index (κ1) is 23.2. The van der Waals surface area contributed by atoms with Crippen LogP contribution in [-0.4, -0.2) is 30.7 Å². The summed E-state index contributed by atoms with van der Waals surface area (Å²) in [4.78, 5) is 24.6. The van der Waals surface area contributed by atoms with Crippen molar-refractivity contribution in [3.63, 3.8) is 0 Å². The molecule has 3 aromatic rings. The zero-order valence-corrected chi connectivity index (χ0v) is 18.9. The van der Waals surface area contributed by atoms with Gasteiger partial charge in [0, 0.05) is 11.8 Å². The number of ether oxygens (including phenoxy) is 1. The number of hydrogen-bond acceptors (Lipinski definition) is 6. The van der Waals surface area contributed by atoms with Crippen LogP contribution in [-0.2, 0) is 21.2 Å². The van der Waals surface area contributed by atoms with Gasteiger partial charge in [-0.2, -0.15) is 5.10 Å². The Bertz CT molecular complexity index is 1250. The third-order valence-corrected chi connectivity index (χ3v) is 6.38. The highest BCUT2D eigenvalue weighted by Crippen LogP contribution is 2.21. The number of anilines is 1. The van der Waals surface area contributed by atoms with Crippen molar-refractivity contribution in [2.75, 3.05) is 11.9 Å². The highest BCUT2D eigenvalue weighted by atomic mass is 32.2. The molecule has 1 amide bonds. The lowest BCUT2D eigenvalue weighted by molar-refractivity contribution is -0.117. The van der Waals surface area contributed by atoms with Gasteiger partial charge in [-0.05, 0) is 60.9 Å². The third-order valence-electron chi connectivity index (χ3n) is 4.72. The smallest absolute Gasteiger partial charge is 0.267 e. The van der Waals surface area contributed by atoms with E-state index in [0.717, 1.165) is 22.4 Å². The molecule has 8 nitrogen and oxygen atoms in total. The van der Waals surface area contributed by atoms with Crippen molar-refractivity contribution in [3.05, 3.63) is 76.6 Å². The van der Waals surface area contributed by atoms with Crippen molar-refractivity contribution >= 4 is 21.4 Å². The Morgan fingerprint density at radius 1 is 1.03 bits per heavy atom. The maximum atomic E-state index is 13.0. The Morgan fingerprint density at radius 3 is 2.28 bits per heavy atom. The van der Waals surface area contributed by atoms with Crippen LogP contribution in [0.25, 0.3) is 0 Å². The molecule has 0 saturated carbocycles. The molecular formula is C23H25N3O5S. The molecule has 1 N–H and O–H groups in total. The highest BCUT2D eigenvalue weighted by Gasteiger charge is 2.21. The molecule has 32 heavy (non-hydrogen) atoms. The van der Waals surface area contributed by atoms with Crippen molar-refractivity contribution in [2.45, 2.75) is 43.2 Å². The molecule has 0 atom stereocenters. The molecule has 0 aliphatic carbocycles. The standard InChI is InChI=1S/C23H25N3O5S/c1-4-31-19-9-7-18(8-10-19)24-21(27)15-26-23(28)14-13-22(25-26)32(29,30)20-11-5-17(6-12-20)16(2)3/h5-14,16H,4,15H2,1-3H3,(H,24,27). The summed E-state index contributed by atoms with van der Waals surface area (Å²) in [7, 11) is -3.94. The Kier molecular flexibility index (Phi) is 7.09. The minimum absolute atomic E-state index is 0.0680. The molecule has 0 spiro atoms. The van der Waals surface area contributed by atoms with Crippen LogP contribution in [0.15, 0.2) is 75.4 Å². The van der Waals surface area contributed by atoms with Crippen LogP contribution < -0.4 is 15.6 Å². The molecule has 168 valence electrons. The van der Waals surface area contributed by atoms with Gasteiger partial charge in [-0.15, -0.1) is 0 Å². The first-order valence-electron chi connectivity index (χ1n) is 10.2. The summed E-state index contributed by atoms with van der Waals surface area (Å²) in [5.41, 5.74) is 0.939. The highest BCUT2D eigenvalue weighted by molar-refractivity contribution is 7.91. The van der Waals surface area contributed by atoms with Gasteiger partial charge in [-0.25, -0.2) is 13.1 Å². The van der Waals surface area contributed by atoms with E-state index in [9.17, 15) is 18.0 Å². The Balaban J connectivity index is 1.78. The summed E-state index contributed by atoms with van der Waals surface area (Å²) in [6, 6.07) is 15.5. The summed E-state index contributed by atoms with van der Waals surface area (Å²) in [5, 5.41) is 6.28. The van der Waals surface area contributed by atoms with E-state index >= 15 is 0 Å². The zero-order chi connectivity index (χ0) is 23.3. The lowest BCUT2D eigenvalue weighted by Gasteiger charge is -2.10. The number of carbonyl (C=O) groups excluding carboxylic acids is 1. The fourth-order valence-electron chi connectivity index (χ4n) is 2.98. The minimum atomic E-state index is -3.94. The molecule has 0 aliphatic heterocycles. The fourth-order valence-corrected chi connectivity index (χ4v) is 4.17. The summed E-state index contributed by atoms with van der Waals surface area (Å²) >= 11 is 0. The summed E-state index contributed by atoms with van der Waals surface area (Å²) < 4.78 is 32.1. The van der Waals surface area contributed by atoms with Gasteiger partial charge in [-0.1, -0.05) is 26.0 Å². The number of amides is 1. The minimum Gasteiger partial charge on any atom is -0.494 e. The molecule has 1 aromatic heterocycles. The zero-order valence-electron chi connectivity index (χ0n) is 18.1. The molecule has 2 aromatic carbocycles. The number of aromatic nitrogens is 2. The number of hydrogen-bond donors (Lipinski definition) is 1. The average molecular weight is 456 g/mol. The van der Waals surface area contributed by atoms with Crippen molar-refractivity contribution in [1.82, 2.24) is 9.78 Å². The monoisotopic (exact) mass is 455 g/mol. The van der Waals surface area contributed by atoms with Crippen LogP contribution in [0.2, 0.25) is 0 Å². The second-order valence-electron chi connectivity index (χ2n) is 7.40. The number of nitrogens with zero attached hydrogens (tertiary/aromatic N) is 2. The quantitative estimate of drug-likeness (QED) is 0.559. The molecule has 0 bridgehead atoms. The predicted octanol–water partition coefficient (Wildman–Crippen LogP) is 3.24. The van der Waals surface area contributed by atoms with Gasteiger partial charge in [0.05, 0.1) is 11.5 Å². The predicted molar refractivity (Wildman–Crippen MR) is 121 cm³/mol. The lowest BCUT2D eigenvalue weighted by atomic mass is 10.0. The molecule has 9 heteroatoms. The van der Waals surface area contributed by atoms with E-state index in [4.69, 9.17) is 4.74 Å². The van der Waals surface area contributed by atoms with Gasteiger partial charge in [0.1, 0.15) is 12.3 Å². The van der Waals surface area contributed by atoms with E-state index < -0.39 is 27.8 Å². The van der Waals surface area contributed by atoms with Crippen LogP contribution >= 0.6 is 0 Å². The van der Waals surface area contributed by atoms with Crippen molar-refractivity contribution < 1.29 is 17.9 Å². The van der Waals surface area contributed by atoms with Crippen LogP contribution in [0.1, 0.15) is 32.3 Å². The van der Waals surface area contributed by atoms with Crippen LogP contribution in [0, 0.1) is 0 Å². The Hall–Kier alpha value is -3.46. The number of benzene rings is 2. The summed E-state index contributed by atoms with van der Waals surface area (Å²) in [6.45, 7) is 6.00. The molecule has 0 saturated heterocycles. The third kappa shape index (κ3) is 5.42. The second-order valence-corrected chi connectivity index (χ2v) is 9.30. The van der Waals surface area contributed by atoms with Gasteiger partial charge >= 0.3 is 0 Å². The van der Waals surface area contributed by atoms with Crippen LogP contribution in [0.5, 0.6) is 5.75 Å². The largest absolute Gasteiger partial charge is 0.494 e. The molecule has 0 aliphatic rings. The van der Waals surface area contributed by atoms with Crippen molar-refractivity contribution in [2.24, 2.45) is 0 Å². The van der Waals surface area contributed by atoms with E-state index in [-0.39, 0.29) is 15.8 Å².